The number of hydrogen-bond acceptors (Lipinski definition) is 9. The summed E-state index contributed by atoms with van der Waals surface area (Å²) in [6.07, 6.45) is 0. The van der Waals surface area contributed by atoms with Crippen molar-refractivity contribution in [1.82, 2.24) is 4.98 Å². The molecule has 0 saturated heterocycles. The van der Waals surface area contributed by atoms with Crippen LogP contribution in [0.3, 0.4) is 0 Å². The number of thiazole rings is 1. The number of carbonyl (C=O) groups excluding carboxylic acids is 2. The SMILES string of the molecule is CCOc1cc(C2C(C(=O)c3cc4cccc(OC)c4o3)=C(O)C(=O)N2c2nc3c(C)cc(C)cc3s2)ccc1O. The minimum absolute atomic E-state index is 0.0646. The van der Waals surface area contributed by atoms with Gasteiger partial charge in [-0.2, -0.15) is 0 Å². The minimum atomic E-state index is -1.08. The van der Waals surface area contributed by atoms with Crippen LogP contribution in [0, 0.1) is 13.8 Å². The van der Waals surface area contributed by atoms with E-state index in [0.717, 1.165) is 21.3 Å². The van der Waals surface area contributed by atoms with Crippen molar-refractivity contribution >= 4 is 49.3 Å². The van der Waals surface area contributed by atoms with Gasteiger partial charge in [-0.05, 0) is 67.8 Å². The number of hydrogen-bond donors (Lipinski definition) is 2. The molecule has 0 radical (unpaired) electrons. The molecule has 1 unspecified atom stereocenters. The molecule has 9 nitrogen and oxygen atoms in total. The van der Waals surface area contributed by atoms with Gasteiger partial charge in [-0.25, -0.2) is 4.98 Å². The summed E-state index contributed by atoms with van der Waals surface area (Å²) in [5, 5.41) is 22.5. The predicted octanol–water partition coefficient (Wildman–Crippen LogP) is 6.56. The quantitative estimate of drug-likeness (QED) is 0.211. The molecule has 1 aliphatic rings. The smallest absolute Gasteiger partial charge is 0.296 e. The number of ketones is 1. The lowest BCUT2D eigenvalue weighted by Gasteiger charge is -2.24. The second-order valence-corrected chi connectivity index (χ2v) is 10.8. The number of phenols is 1. The number of fused-ring (bicyclic) bond motifs is 2. The van der Waals surface area contributed by atoms with Crippen LogP contribution in [0.25, 0.3) is 21.2 Å². The van der Waals surface area contributed by atoms with E-state index in [-0.39, 0.29) is 29.4 Å². The Morgan fingerprint density at radius 1 is 1.10 bits per heavy atom. The van der Waals surface area contributed by atoms with Crippen LogP contribution in [-0.2, 0) is 4.79 Å². The van der Waals surface area contributed by atoms with Crippen molar-refractivity contribution in [2.45, 2.75) is 26.8 Å². The van der Waals surface area contributed by atoms with Crippen molar-refractivity contribution in [3.05, 3.63) is 88.4 Å². The monoisotopic (exact) mass is 570 g/mol. The van der Waals surface area contributed by atoms with Crippen molar-refractivity contribution in [2.24, 2.45) is 0 Å². The van der Waals surface area contributed by atoms with E-state index in [9.17, 15) is 19.8 Å². The molecule has 1 atom stereocenters. The Balaban J connectivity index is 1.54. The van der Waals surface area contributed by atoms with Crippen molar-refractivity contribution in [1.29, 1.82) is 0 Å². The molecule has 3 aromatic carbocycles. The molecule has 0 fully saturated rings. The summed E-state index contributed by atoms with van der Waals surface area (Å²) < 4.78 is 17.7. The summed E-state index contributed by atoms with van der Waals surface area (Å²) in [6, 6.07) is 14.3. The van der Waals surface area contributed by atoms with E-state index >= 15 is 0 Å². The lowest BCUT2D eigenvalue weighted by atomic mass is 9.95. The Morgan fingerprint density at radius 2 is 1.90 bits per heavy atom. The van der Waals surface area contributed by atoms with Gasteiger partial charge in [0.1, 0.15) is 0 Å². The minimum Gasteiger partial charge on any atom is -0.504 e. The molecule has 2 aromatic heterocycles. The molecule has 0 spiro atoms. The van der Waals surface area contributed by atoms with Gasteiger partial charge in [0.2, 0.25) is 5.78 Å². The van der Waals surface area contributed by atoms with Gasteiger partial charge in [-0.3, -0.25) is 14.5 Å². The topological polar surface area (TPSA) is 122 Å². The van der Waals surface area contributed by atoms with Crippen LogP contribution < -0.4 is 14.4 Å². The van der Waals surface area contributed by atoms with Gasteiger partial charge in [-0.1, -0.05) is 35.6 Å². The number of ether oxygens (including phenoxy) is 2. The number of aryl methyl sites for hydroxylation is 2. The van der Waals surface area contributed by atoms with Crippen molar-refractivity contribution in [3.63, 3.8) is 0 Å². The molecule has 0 bridgehead atoms. The van der Waals surface area contributed by atoms with Crippen LogP contribution in [0.5, 0.6) is 17.2 Å². The van der Waals surface area contributed by atoms with E-state index in [2.05, 4.69) is 0 Å². The van der Waals surface area contributed by atoms with Crippen LogP contribution >= 0.6 is 11.3 Å². The highest BCUT2D eigenvalue weighted by Gasteiger charge is 2.47. The Morgan fingerprint density at radius 3 is 2.66 bits per heavy atom. The Kier molecular flexibility index (Phi) is 6.42. The third kappa shape index (κ3) is 4.27. The fourth-order valence-corrected chi connectivity index (χ4v) is 6.39. The number of aliphatic hydroxyl groups excluding tert-OH is 1. The Bertz CT molecular complexity index is 1900. The number of aliphatic hydroxyl groups is 1. The fourth-order valence-electron chi connectivity index (χ4n) is 5.23. The average molecular weight is 571 g/mol. The number of anilines is 1. The number of nitrogens with zero attached hydrogens (tertiary/aromatic N) is 2. The summed E-state index contributed by atoms with van der Waals surface area (Å²) in [5.41, 5.74) is 3.36. The number of benzene rings is 3. The standard InChI is InChI=1S/C31H26N2O7S/c1-5-39-21-13-17(9-10-19(21)34)26-24(27(35)22-14-18-7-6-8-20(38-4)29(18)40-22)28(36)30(37)33(26)31-32-25-16(3)11-15(2)12-23(25)41-31/h6-14,26,34,36H,5H2,1-4H3. The van der Waals surface area contributed by atoms with Crippen molar-refractivity contribution in [2.75, 3.05) is 18.6 Å². The number of Topliss-reactive ketones (excluding diaryl/α,β-unsaturated/α-hetero) is 1. The molecule has 2 N–H and O–H groups in total. The van der Waals surface area contributed by atoms with E-state index in [1.54, 1.807) is 43.3 Å². The maximum atomic E-state index is 14.1. The number of para-hydroxylation sites is 1. The van der Waals surface area contributed by atoms with Gasteiger partial charge in [0.05, 0.1) is 35.5 Å². The maximum absolute atomic E-state index is 14.1. The lowest BCUT2D eigenvalue weighted by molar-refractivity contribution is -0.117. The zero-order valence-electron chi connectivity index (χ0n) is 22.7. The molecule has 0 saturated carbocycles. The van der Waals surface area contributed by atoms with Crippen LogP contribution in [0.1, 0.15) is 40.2 Å². The number of amides is 1. The van der Waals surface area contributed by atoms with Gasteiger partial charge in [0, 0.05) is 5.39 Å². The Labute approximate surface area is 238 Å². The normalized spacial score (nSPS) is 15.4. The highest BCUT2D eigenvalue weighted by molar-refractivity contribution is 7.22. The predicted molar refractivity (Wildman–Crippen MR) is 155 cm³/mol. The first-order chi connectivity index (χ1) is 19.7. The summed E-state index contributed by atoms with van der Waals surface area (Å²) >= 11 is 1.29. The highest BCUT2D eigenvalue weighted by atomic mass is 32.1. The molecular formula is C31H26N2O7S. The molecule has 1 aliphatic heterocycles. The number of phenolic OH excluding ortho intramolecular Hbond substituents is 1. The number of carbonyl (C=O) groups is 2. The van der Waals surface area contributed by atoms with Crippen LogP contribution in [-0.4, -0.2) is 40.6 Å². The third-order valence-corrected chi connectivity index (χ3v) is 8.03. The van der Waals surface area contributed by atoms with Gasteiger partial charge in [0.15, 0.2) is 39.5 Å². The van der Waals surface area contributed by atoms with Gasteiger partial charge in [-0.15, -0.1) is 0 Å². The number of furan rings is 1. The van der Waals surface area contributed by atoms with Crippen molar-refractivity contribution < 1.29 is 33.7 Å². The zero-order valence-corrected chi connectivity index (χ0v) is 23.5. The van der Waals surface area contributed by atoms with Crippen LogP contribution in [0.2, 0.25) is 0 Å². The molecule has 10 heteroatoms. The van der Waals surface area contributed by atoms with Crippen LogP contribution in [0.15, 0.2) is 70.3 Å². The molecule has 5 aromatic rings. The maximum Gasteiger partial charge on any atom is 0.296 e. The van der Waals surface area contributed by atoms with Crippen LogP contribution in [0.4, 0.5) is 5.13 Å². The third-order valence-electron chi connectivity index (χ3n) is 7.03. The summed E-state index contributed by atoms with van der Waals surface area (Å²) in [7, 11) is 1.50. The van der Waals surface area contributed by atoms with Gasteiger partial charge in [0.25, 0.3) is 5.91 Å². The highest BCUT2D eigenvalue weighted by Crippen LogP contribution is 2.46. The first-order valence-corrected chi connectivity index (χ1v) is 13.7. The van der Waals surface area contributed by atoms with E-state index in [0.29, 0.717) is 27.4 Å². The molecule has 41 heavy (non-hydrogen) atoms. The molecule has 3 heterocycles. The summed E-state index contributed by atoms with van der Waals surface area (Å²) in [4.78, 5) is 33.8. The van der Waals surface area contributed by atoms with E-state index in [1.165, 1.54) is 29.4 Å². The fraction of sp³-hybridized carbons (Fsp3) is 0.194. The Hall–Kier alpha value is -4.83. The lowest BCUT2D eigenvalue weighted by Crippen LogP contribution is -2.31. The number of aromatic hydroxyl groups is 1. The van der Waals surface area contributed by atoms with E-state index < -0.39 is 23.5 Å². The molecular weight excluding hydrogens is 544 g/mol. The van der Waals surface area contributed by atoms with E-state index in [4.69, 9.17) is 18.9 Å². The average Bonchev–Trinajstić information content (AvgIpc) is 3.64. The van der Waals surface area contributed by atoms with Crippen molar-refractivity contribution in [3.8, 4) is 17.2 Å². The molecule has 1 amide bonds. The largest absolute Gasteiger partial charge is 0.504 e. The van der Waals surface area contributed by atoms with Gasteiger partial charge < -0.3 is 24.1 Å². The molecule has 208 valence electrons. The first-order valence-electron chi connectivity index (χ1n) is 12.9. The molecule has 6 rings (SSSR count). The van der Waals surface area contributed by atoms with E-state index in [1.807, 2.05) is 26.0 Å². The number of aromatic nitrogens is 1. The zero-order chi connectivity index (χ0) is 29.0. The summed E-state index contributed by atoms with van der Waals surface area (Å²) in [5.74, 6) is -1.67. The second-order valence-electron chi connectivity index (χ2n) is 9.74. The molecule has 0 aliphatic carbocycles. The number of methoxy groups -OCH3 is 1. The summed E-state index contributed by atoms with van der Waals surface area (Å²) in [6.45, 7) is 5.98. The van der Waals surface area contributed by atoms with Gasteiger partial charge >= 0.3 is 0 Å². The second kappa shape index (κ2) is 9.97. The first kappa shape index (κ1) is 26.4. The number of rotatable bonds is 7.